The highest BCUT2D eigenvalue weighted by molar-refractivity contribution is 7.89. The summed E-state index contributed by atoms with van der Waals surface area (Å²) in [6.45, 7) is 1.85. The molecule has 1 aliphatic heterocycles. The van der Waals surface area contributed by atoms with Gasteiger partial charge in [-0.3, -0.25) is 4.79 Å². The molecule has 1 heterocycles. The molecule has 104 valence electrons. The van der Waals surface area contributed by atoms with E-state index in [4.69, 9.17) is 16.7 Å². The average Bonchev–Trinajstić information content (AvgIpc) is 2.72. The van der Waals surface area contributed by atoms with Gasteiger partial charge in [0.25, 0.3) is 0 Å². The summed E-state index contributed by atoms with van der Waals surface area (Å²) in [5, 5.41) is 9.49. The Labute approximate surface area is 116 Å². The van der Waals surface area contributed by atoms with Crippen molar-refractivity contribution in [2.75, 3.05) is 6.54 Å². The summed E-state index contributed by atoms with van der Waals surface area (Å²) in [6, 6.07) is 5.32. The summed E-state index contributed by atoms with van der Waals surface area (Å²) < 4.78 is 26.1. The standard InChI is InChI=1S/C12H14ClNO4S/c1-8-11(12(15)16)6-7-14(8)19(17,18)10-4-2-9(13)3-5-10/h2-5,8,11H,6-7H2,1H3,(H,15,16). The molecule has 0 amide bonds. The Bertz CT molecular complexity index is 584. The fourth-order valence-corrected chi connectivity index (χ4v) is 4.13. The summed E-state index contributed by atoms with van der Waals surface area (Å²) in [7, 11) is -3.66. The van der Waals surface area contributed by atoms with Gasteiger partial charge in [0.2, 0.25) is 10.0 Å². The third-order valence-electron chi connectivity index (χ3n) is 3.43. The lowest BCUT2D eigenvalue weighted by atomic mass is 10.0. The topological polar surface area (TPSA) is 74.7 Å². The number of nitrogens with zero attached hydrogens (tertiary/aromatic N) is 1. The minimum absolute atomic E-state index is 0.134. The Morgan fingerprint density at radius 2 is 1.95 bits per heavy atom. The largest absolute Gasteiger partial charge is 0.481 e. The van der Waals surface area contributed by atoms with E-state index in [1.807, 2.05) is 0 Å². The van der Waals surface area contributed by atoms with E-state index in [0.717, 1.165) is 0 Å². The number of carbonyl (C=O) groups is 1. The molecule has 1 aromatic carbocycles. The van der Waals surface area contributed by atoms with Crippen LogP contribution in [0.2, 0.25) is 5.02 Å². The molecule has 1 aromatic rings. The molecule has 0 saturated carbocycles. The fraction of sp³-hybridized carbons (Fsp3) is 0.417. The van der Waals surface area contributed by atoms with Gasteiger partial charge in [0, 0.05) is 17.6 Å². The first kappa shape index (κ1) is 14.3. The quantitative estimate of drug-likeness (QED) is 0.924. The number of halogens is 1. The highest BCUT2D eigenvalue weighted by atomic mass is 35.5. The maximum Gasteiger partial charge on any atom is 0.308 e. The zero-order valence-corrected chi connectivity index (χ0v) is 11.9. The lowest BCUT2D eigenvalue weighted by Crippen LogP contribution is -2.37. The number of benzene rings is 1. The van der Waals surface area contributed by atoms with E-state index in [2.05, 4.69) is 0 Å². The van der Waals surface area contributed by atoms with Crippen molar-refractivity contribution in [1.29, 1.82) is 0 Å². The highest BCUT2D eigenvalue weighted by Crippen LogP contribution is 2.30. The second kappa shape index (κ2) is 5.11. The minimum atomic E-state index is -3.66. The maximum atomic E-state index is 12.4. The van der Waals surface area contributed by atoms with Gasteiger partial charge in [-0.05, 0) is 37.6 Å². The van der Waals surface area contributed by atoms with Crippen LogP contribution in [0.25, 0.3) is 0 Å². The van der Waals surface area contributed by atoms with Gasteiger partial charge in [-0.25, -0.2) is 8.42 Å². The van der Waals surface area contributed by atoms with Crippen LogP contribution in [0.15, 0.2) is 29.2 Å². The fourth-order valence-electron chi connectivity index (χ4n) is 2.32. The third kappa shape index (κ3) is 2.61. The molecule has 1 fully saturated rings. The smallest absolute Gasteiger partial charge is 0.308 e. The molecule has 1 aliphatic rings. The van der Waals surface area contributed by atoms with Crippen molar-refractivity contribution in [3.05, 3.63) is 29.3 Å². The van der Waals surface area contributed by atoms with Crippen molar-refractivity contribution < 1.29 is 18.3 Å². The number of hydrogen-bond acceptors (Lipinski definition) is 3. The second-order valence-electron chi connectivity index (χ2n) is 4.54. The molecule has 0 bridgehead atoms. The second-order valence-corrected chi connectivity index (χ2v) is 6.87. The van der Waals surface area contributed by atoms with E-state index in [9.17, 15) is 13.2 Å². The van der Waals surface area contributed by atoms with Crippen LogP contribution in [0, 0.1) is 5.92 Å². The van der Waals surface area contributed by atoms with E-state index in [1.54, 1.807) is 6.92 Å². The summed E-state index contributed by atoms with van der Waals surface area (Å²) in [5.74, 6) is -1.61. The van der Waals surface area contributed by atoms with E-state index >= 15 is 0 Å². The van der Waals surface area contributed by atoms with Crippen molar-refractivity contribution in [3.63, 3.8) is 0 Å². The van der Waals surface area contributed by atoms with Crippen LogP contribution in [0.4, 0.5) is 0 Å². The molecule has 0 radical (unpaired) electrons. The van der Waals surface area contributed by atoms with Crippen LogP contribution in [-0.2, 0) is 14.8 Å². The lowest BCUT2D eigenvalue weighted by Gasteiger charge is -2.22. The Balaban J connectivity index is 2.31. The van der Waals surface area contributed by atoms with E-state index < -0.39 is 28.0 Å². The van der Waals surface area contributed by atoms with E-state index in [0.29, 0.717) is 11.4 Å². The van der Waals surface area contributed by atoms with Gasteiger partial charge in [0.15, 0.2) is 0 Å². The summed E-state index contributed by atoms with van der Waals surface area (Å²) in [5.41, 5.74) is 0. The molecule has 0 aliphatic carbocycles. The predicted octanol–water partition coefficient (Wildman–Crippen LogP) is 1.82. The van der Waals surface area contributed by atoms with Crippen molar-refractivity contribution in [2.45, 2.75) is 24.3 Å². The van der Waals surface area contributed by atoms with Gasteiger partial charge in [0.05, 0.1) is 10.8 Å². The number of hydrogen-bond donors (Lipinski definition) is 1. The molecule has 1 saturated heterocycles. The number of aliphatic carboxylic acids is 1. The number of rotatable bonds is 3. The van der Waals surface area contributed by atoms with Crippen LogP contribution >= 0.6 is 11.6 Å². The Morgan fingerprint density at radius 1 is 1.37 bits per heavy atom. The molecule has 19 heavy (non-hydrogen) atoms. The van der Waals surface area contributed by atoms with Crippen LogP contribution < -0.4 is 0 Å². The van der Waals surface area contributed by atoms with Crippen LogP contribution in [-0.4, -0.2) is 36.4 Å². The first-order chi connectivity index (χ1) is 8.84. The zero-order valence-electron chi connectivity index (χ0n) is 10.3. The predicted molar refractivity (Wildman–Crippen MR) is 70.5 cm³/mol. The average molecular weight is 304 g/mol. The summed E-state index contributed by atoms with van der Waals surface area (Å²) in [4.78, 5) is 11.2. The minimum Gasteiger partial charge on any atom is -0.481 e. The van der Waals surface area contributed by atoms with Gasteiger partial charge in [-0.15, -0.1) is 0 Å². The van der Waals surface area contributed by atoms with E-state index in [1.165, 1.54) is 28.6 Å². The van der Waals surface area contributed by atoms with Crippen LogP contribution in [0.1, 0.15) is 13.3 Å². The molecular weight excluding hydrogens is 290 g/mol. The SMILES string of the molecule is CC1C(C(=O)O)CCN1S(=O)(=O)c1ccc(Cl)cc1. The first-order valence-electron chi connectivity index (χ1n) is 5.84. The van der Waals surface area contributed by atoms with Crippen molar-refractivity contribution in [2.24, 2.45) is 5.92 Å². The third-order valence-corrected chi connectivity index (χ3v) is 5.69. The number of carboxylic acids is 1. The normalized spacial score (nSPS) is 24.5. The van der Waals surface area contributed by atoms with Crippen molar-refractivity contribution in [3.8, 4) is 0 Å². The Kier molecular flexibility index (Phi) is 3.85. The van der Waals surface area contributed by atoms with Gasteiger partial charge < -0.3 is 5.11 Å². The maximum absolute atomic E-state index is 12.4. The molecule has 0 spiro atoms. The molecule has 5 nitrogen and oxygen atoms in total. The van der Waals surface area contributed by atoms with Gasteiger partial charge >= 0.3 is 5.97 Å². The van der Waals surface area contributed by atoms with Crippen LogP contribution in [0.5, 0.6) is 0 Å². The monoisotopic (exact) mass is 303 g/mol. The van der Waals surface area contributed by atoms with Crippen LogP contribution in [0.3, 0.4) is 0 Å². The molecule has 0 aromatic heterocycles. The Hall–Kier alpha value is -1.11. The highest BCUT2D eigenvalue weighted by Gasteiger charge is 2.42. The molecule has 2 atom stereocenters. The molecule has 1 N–H and O–H groups in total. The van der Waals surface area contributed by atoms with Gasteiger partial charge in [-0.1, -0.05) is 11.6 Å². The number of carboxylic acid groups (broad SMARTS) is 1. The molecular formula is C12H14ClNO4S. The molecule has 7 heteroatoms. The molecule has 2 rings (SSSR count). The zero-order chi connectivity index (χ0) is 14.2. The van der Waals surface area contributed by atoms with E-state index in [-0.39, 0.29) is 11.4 Å². The Morgan fingerprint density at radius 3 is 2.42 bits per heavy atom. The number of sulfonamides is 1. The van der Waals surface area contributed by atoms with Crippen molar-refractivity contribution in [1.82, 2.24) is 4.31 Å². The molecule has 2 unspecified atom stereocenters. The lowest BCUT2D eigenvalue weighted by molar-refractivity contribution is -0.142. The summed E-state index contributed by atoms with van der Waals surface area (Å²) >= 11 is 5.73. The first-order valence-corrected chi connectivity index (χ1v) is 7.66. The van der Waals surface area contributed by atoms with Crippen molar-refractivity contribution >= 4 is 27.6 Å². The van der Waals surface area contributed by atoms with Gasteiger partial charge in [-0.2, -0.15) is 4.31 Å². The van der Waals surface area contributed by atoms with Gasteiger partial charge in [0.1, 0.15) is 0 Å². The summed E-state index contributed by atoms with van der Waals surface area (Å²) in [6.07, 6.45) is 0.337.